The van der Waals surface area contributed by atoms with Gasteiger partial charge in [0.1, 0.15) is 5.78 Å². The molecule has 1 heterocycles. The molecule has 1 fully saturated rings. The zero-order chi connectivity index (χ0) is 6.20. The lowest BCUT2D eigenvalue weighted by Crippen LogP contribution is -2.45. The Balaban J connectivity index is 2.53. The van der Waals surface area contributed by atoms with E-state index in [1.807, 2.05) is 6.92 Å². The SMILES string of the molecule is [CH2]C(=O)C1(C)COC1. The fourth-order valence-electron chi connectivity index (χ4n) is 0.569. The first kappa shape index (κ1) is 5.76. The topological polar surface area (TPSA) is 26.3 Å². The molecular formula is C6H9O2. The molecule has 0 aromatic heterocycles. The van der Waals surface area contributed by atoms with Crippen molar-refractivity contribution < 1.29 is 9.53 Å². The van der Waals surface area contributed by atoms with E-state index in [4.69, 9.17) is 4.74 Å². The van der Waals surface area contributed by atoms with Crippen LogP contribution < -0.4 is 0 Å². The van der Waals surface area contributed by atoms with Crippen LogP contribution in [0.1, 0.15) is 6.92 Å². The lowest BCUT2D eigenvalue weighted by atomic mass is 9.85. The van der Waals surface area contributed by atoms with Gasteiger partial charge >= 0.3 is 0 Å². The number of Topliss-reactive ketones (excluding diaryl/α,β-unsaturated/α-hetero) is 1. The zero-order valence-electron chi connectivity index (χ0n) is 4.94. The monoisotopic (exact) mass is 113 g/mol. The number of ketones is 1. The quantitative estimate of drug-likeness (QED) is 0.492. The van der Waals surface area contributed by atoms with Gasteiger partial charge in [-0.25, -0.2) is 0 Å². The maximum atomic E-state index is 10.6. The van der Waals surface area contributed by atoms with Gasteiger partial charge in [-0.3, -0.25) is 4.79 Å². The fourth-order valence-corrected chi connectivity index (χ4v) is 0.569. The van der Waals surface area contributed by atoms with Gasteiger partial charge in [0, 0.05) is 6.92 Å². The summed E-state index contributed by atoms with van der Waals surface area (Å²) in [6.07, 6.45) is 0. The number of carbonyl (C=O) groups is 1. The third-order valence-electron chi connectivity index (χ3n) is 1.51. The Labute approximate surface area is 48.8 Å². The van der Waals surface area contributed by atoms with Crippen molar-refractivity contribution in [3.8, 4) is 0 Å². The summed E-state index contributed by atoms with van der Waals surface area (Å²) in [5.41, 5.74) is -0.250. The minimum atomic E-state index is -0.250. The lowest BCUT2D eigenvalue weighted by Gasteiger charge is -2.35. The van der Waals surface area contributed by atoms with Gasteiger partial charge in [0.15, 0.2) is 0 Å². The van der Waals surface area contributed by atoms with Crippen molar-refractivity contribution in [3.63, 3.8) is 0 Å². The van der Waals surface area contributed by atoms with Crippen LogP contribution in [0.3, 0.4) is 0 Å². The van der Waals surface area contributed by atoms with Crippen molar-refractivity contribution in [2.24, 2.45) is 5.41 Å². The Kier molecular flexibility index (Phi) is 1.12. The third kappa shape index (κ3) is 0.650. The maximum Gasteiger partial charge on any atom is 0.143 e. The van der Waals surface area contributed by atoms with Crippen molar-refractivity contribution in [2.45, 2.75) is 6.92 Å². The van der Waals surface area contributed by atoms with E-state index in [1.165, 1.54) is 0 Å². The van der Waals surface area contributed by atoms with Gasteiger partial charge in [0.25, 0.3) is 0 Å². The molecule has 45 valence electrons. The summed E-state index contributed by atoms with van der Waals surface area (Å²) in [7, 11) is 0. The number of hydrogen-bond acceptors (Lipinski definition) is 2. The molecule has 1 aliphatic rings. The van der Waals surface area contributed by atoms with Gasteiger partial charge in [-0.05, 0) is 6.92 Å². The second-order valence-corrected chi connectivity index (χ2v) is 2.48. The summed E-state index contributed by atoms with van der Waals surface area (Å²) < 4.78 is 4.84. The Bertz CT molecular complexity index is 114. The van der Waals surface area contributed by atoms with E-state index in [1.54, 1.807) is 0 Å². The summed E-state index contributed by atoms with van der Waals surface area (Å²) in [5, 5.41) is 0. The normalized spacial score (nSPS) is 24.2. The summed E-state index contributed by atoms with van der Waals surface area (Å²) in [6, 6.07) is 0. The first-order valence-electron chi connectivity index (χ1n) is 2.59. The zero-order valence-corrected chi connectivity index (χ0v) is 4.94. The first-order valence-corrected chi connectivity index (χ1v) is 2.59. The predicted octanol–water partition coefficient (Wildman–Crippen LogP) is 0.426. The van der Waals surface area contributed by atoms with Crippen molar-refractivity contribution in [2.75, 3.05) is 13.2 Å². The van der Waals surface area contributed by atoms with Crippen LogP contribution in [0, 0.1) is 12.3 Å². The van der Waals surface area contributed by atoms with Crippen LogP contribution in [0.2, 0.25) is 0 Å². The molecular weight excluding hydrogens is 104 g/mol. The van der Waals surface area contributed by atoms with E-state index in [-0.39, 0.29) is 11.2 Å². The highest BCUT2D eigenvalue weighted by Gasteiger charge is 2.37. The standard InChI is InChI=1S/C6H9O2/c1-5(7)6(2)3-8-4-6/h1,3-4H2,2H3. The molecule has 0 aromatic rings. The van der Waals surface area contributed by atoms with E-state index in [0.29, 0.717) is 13.2 Å². The first-order chi connectivity index (χ1) is 3.65. The molecule has 8 heavy (non-hydrogen) atoms. The summed E-state index contributed by atoms with van der Waals surface area (Å²) in [5.74, 6) is -0.0104. The lowest BCUT2D eigenvalue weighted by molar-refractivity contribution is -0.150. The largest absolute Gasteiger partial charge is 0.379 e. The van der Waals surface area contributed by atoms with Crippen LogP contribution in [0.5, 0.6) is 0 Å². The van der Waals surface area contributed by atoms with Crippen LogP contribution in [0.25, 0.3) is 0 Å². The molecule has 0 aromatic carbocycles. The van der Waals surface area contributed by atoms with Crippen LogP contribution >= 0.6 is 0 Å². The minimum absolute atomic E-state index is 0.0104. The minimum Gasteiger partial charge on any atom is -0.379 e. The maximum absolute atomic E-state index is 10.6. The van der Waals surface area contributed by atoms with Crippen LogP contribution in [-0.4, -0.2) is 19.0 Å². The van der Waals surface area contributed by atoms with E-state index in [0.717, 1.165) is 0 Å². The van der Waals surface area contributed by atoms with Gasteiger partial charge in [0.05, 0.1) is 18.6 Å². The summed E-state index contributed by atoms with van der Waals surface area (Å²) >= 11 is 0. The number of ether oxygens (including phenoxy) is 1. The van der Waals surface area contributed by atoms with E-state index >= 15 is 0 Å². The molecule has 2 heteroatoms. The second-order valence-electron chi connectivity index (χ2n) is 2.48. The molecule has 0 saturated carbocycles. The summed E-state index contributed by atoms with van der Waals surface area (Å²) in [6.45, 7) is 6.28. The van der Waals surface area contributed by atoms with Gasteiger partial charge in [-0.1, -0.05) is 0 Å². The highest BCUT2D eigenvalue weighted by Crippen LogP contribution is 2.26. The molecule has 0 N–H and O–H groups in total. The molecule has 0 amide bonds. The van der Waals surface area contributed by atoms with Gasteiger partial charge in [0.2, 0.25) is 0 Å². The van der Waals surface area contributed by atoms with Crippen molar-refractivity contribution in [1.82, 2.24) is 0 Å². The second kappa shape index (κ2) is 1.55. The molecule has 0 unspecified atom stereocenters. The van der Waals surface area contributed by atoms with Crippen LogP contribution in [-0.2, 0) is 9.53 Å². The molecule has 1 radical (unpaired) electrons. The van der Waals surface area contributed by atoms with Crippen molar-refractivity contribution >= 4 is 5.78 Å². The predicted molar refractivity (Wildman–Crippen MR) is 29.3 cm³/mol. The van der Waals surface area contributed by atoms with Gasteiger partial charge < -0.3 is 4.74 Å². The van der Waals surface area contributed by atoms with Crippen LogP contribution in [0.15, 0.2) is 0 Å². The molecule has 1 rings (SSSR count). The van der Waals surface area contributed by atoms with Gasteiger partial charge in [-0.2, -0.15) is 0 Å². The van der Waals surface area contributed by atoms with E-state index in [2.05, 4.69) is 6.92 Å². The average molecular weight is 113 g/mol. The molecule has 1 saturated heterocycles. The molecule has 0 aliphatic carbocycles. The smallest absolute Gasteiger partial charge is 0.143 e. The molecule has 2 nitrogen and oxygen atoms in total. The molecule has 0 atom stereocenters. The summed E-state index contributed by atoms with van der Waals surface area (Å²) in [4.78, 5) is 10.6. The molecule has 0 bridgehead atoms. The van der Waals surface area contributed by atoms with Gasteiger partial charge in [-0.15, -0.1) is 0 Å². The highest BCUT2D eigenvalue weighted by atomic mass is 16.5. The van der Waals surface area contributed by atoms with E-state index in [9.17, 15) is 4.79 Å². The van der Waals surface area contributed by atoms with Crippen LogP contribution in [0.4, 0.5) is 0 Å². The third-order valence-corrected chi connectivity index (χ3v) is 1.51. The molecule has 1 aliphatic heterocycles. The Hall–Kier alpha value is -0.370. The number of hydrogen-bond donors (Lipinski definition) is 0. The molecule has 0 spiro atoms. The fraction of sp³-hybridized carbons (Fsp3) is 0.667. The van der Waals surface area contributed by atoms with Crippen molar-refractivity contribution in [1.29, 1.82) is 0 Å². The Morgan fingerprint density at radius 2 is 2.25 bits per heavy atom. The number of carbonyl (C=O) groups excluding carboxylic acids is 1. The number of rotatable bonds is 1. The Morgan fingerprint density at radius 3 is 2.25 bits per heavy atom. The van der Waals surface area contributed by atoms with Crippen molar-refractivity contribution in [3.05, 3.63) is 6.92 Å². The highest BCUT2D eigenvalue weighted by molar-refractivity contribution is 5.89. The average Bonchev–Trinajstić information content (AvgIpc) is 1.60. The Morgan fingerprint density at radius 1 is 1.75 bits per heavy atom. The van der Waals surface area contributed by atoms with E-state index < -0.39 is 0 Å².